The first kappa shape index (κ1) is 16.5. The number of nitrogens with zero attached hydrogens (tertiary/aromatic N) is 1. The van der Waals surface area contributed by atoms with Crippen LogP contribution in [0.25, 0.3) is 0 Å². The summed E-state index contributed by atoms with van der Waals surface area (Å²) < 4.78 is 5.09. The summed E-state index contributed by atoms with van der Waals surface area (Å²) in [5.74, 6) is 0.0493. The molecule has 0 atom stereocenters. The Morgan fingerprint density at radius 2 is 2.00 bits per heavy atom. The zero-order valence-corrected chi connectivity index (χ0v) is 13.1. The Morgan fingerprint density at radius 3 is 2.61 bits per heavy atom. The van der Waals surface area contributed by atoms with Gasteiger partial charge in [-0.15, -0.1) is 6.58 Å². The maximum absolute atomic E-state index is 12.3. The summed E-state index contributed by atoms with van der Waals surface area (Å²) in [7, 11) is 0. The predicted molar refractivity (Wildman–Crippen MR) is 87.8 cm³/mol. The Balaban J connectivity index is 1.94. The molecule has 0 spiro atoms. The first-order chi connectivity index (χ1) is 11.1. The van der Waals surface area contributed by atoms with Crippen LogP contribution in [-0.4, -0.2) is 29.8 Å². The average molecular weight is 312 g/mol. The van der Waals surface area contributed by atoms with Crippen LogP contribution in [0.2, 0.25) is 0 Å². The first-order valence-corrected chi connectivity index (χ1v) is 7.36. The minimum absolute atomic E-state index is 0.0654. The minimum atomic E-state index is -0.317. The Bertz CT molecular complexity index is 677. The zero-order valence-electron chi connectivity index (χ0n) is 13.1. The molecule has 5 heteroatoms. The molecule has 5 nitrogen and oxygen atoms in total. The van der Waals surface area contributed by atoms with Gasteiger partial charge < -0.3 is 14.6 Å². The highest BCUT2D eigenvalue weighted by Gasteiger charge is 2.16. The number of rotatable bonds is 7. The summed E-state index contributed by atoms with van der Waals surface area (Å²) in [6.45, 7) is 6.22. The molecule has 0 aliphatic carbocycles. The Labute approximate surface area is 135 Å². The highest BCUT2D eigenvalue weighted by atomic mass is 16.3. The summed E-state index contributed by atoms with van der Waals surface area (Å²) in [5, 5.41) is 2.63. The standard InChI is InChI=1S/C18H20N2O3/c1-3-10-20(13-15-7-5-4-6-8-15)17(21)12-19-18(22)16-9-11-23-14(16)2/h3-9,11H,1,10,12-13H2,2H3,(H,19,22). The number of furan rings is 1. The monoisotopic (exact) mass is 312 g/mol. The number of carbonyl (C=O) groups excluding carboxylic acids is 2. The van der Waals surface area contributed by atoms with E-state index in [0.717, 1.165) is 5.56 Å². The first-order valence-electron chi connectivity index (χ1n) is 7.36. The number of benzene rings is 1. The van der Waals surface area contributed by atoms with Crippen molar-refractivity contribution in [1.29, 1.82) is 0 Å². The van der Waals surface area contributed by atoms with Gasteiger partial charge in [-0.2, -0.15) is 0 Å². The topological polar surface area (TPSA) is 62.6 Å². The summed E-state index contributed by atoms with van der Waals surface area (Å²) >= 11 is 0. The zero-order chi connectivity index (χ0) is 16.7. The van der Waals surface area contributed by atoms with Crippen LogP contribution in [0.1, 0.15) is 21.7 Å². The molecule has 0 saturated carbocycles. The molecular formula is C18H20N2O3. The van der Waals surface area contributed by atoms with Gasteiger partial charge in [-0.3, -0.25) is 9.59 Å². The van der Waals surface area contributed by atoms with Crippen molar-refractivity contribution in [3.8, 4) is 0 Å². The summed E-state index contributed by atoms with van der Waals surface area (Å²) in [6.07, 6.45) is 3.12. The Kier molecular flexibility index (Phi) is 5.74. The number of carbonyl (C=O) groups is 2. The number of amides is 2. The van der Waals surface area contributed by atoms with E-state index in [-0.39, 0.29) is 18.4 Å². The van der Waals surface area contributed by atoms with Crippen LogP contribution in [0.15, 0.2) is 59.7 Å². The molecule has 1 aromatic heterocycles. The molecule has 1 N–H and O–H groups in total. The van der Waals surface area contributed by atoms with E-state index in [1.807, 2.05) is 30.3 Å². The molecule has 0 aliphatic heterocycles. The fourth-order valence-corrected chi connectivity index (χ4v) is 2.20. The van der Waals surface area contributed by atoms with Crippen molar-refractivity contribution < 1.29 is 14.0 Å². The predicted octanol–water partition coefficient (Wildman–Crippen LogP) is 2.53. The molecule has 0 radical (unpaired) electrons. The normalized spacial score (nSPS) is 10.1. The number of hydrogen-bond acceptors (Lipinski definition) is 3. The molecule has 0 unspecified atom stereocenters. The minimum Gasteiger partial charge on any atom is -0.469 e. The van der Waals surface area contributed by atoms with Crippen LogP contribution in [0, 0.1) is 6.92 Å². The second-order valence-corrected chi connectivity index (χ2v) is 5.12. The Morgan fingerprint density at radius 1 is 1.26 bits per heavy atom. The van der Waals surface area contributed by atoms with E-state index in [9.17, 15) is 9.59 Å². The van der Waals surface area contributed by atoms with Gasteiger partial charge in [0.15, 0.2) is 0 Å². The third kappa shape index (κ3) is 4.57. The largest absolute Gasteiger partial charge is 0.469 e. The third-order valence-corrected chi connectivity index (χ3v) is 3.42. The van der Waals surface area contributed by atoms with Gasteiger partial charge in [0.25, 0.3) is 5.91 Å². The van der Waals surface area contributed by atoms with E-state index < -0.39 is 0 Å². The van der Waals surface area contributed by atoms with E-state index >= 15 is 0 Å². The van der Waals surface area contributed by atoms with Gasteiger partial charge in [0, 0.05) is 13.1 Å². The maximum atomic E-state index is 12.3. The molecule has 1 aromatic carbocycles. The second-order valence-electron chi connectivity index (χ2n) is 5.12. The van der Waals surface area contributed by atoms with Crippen LogP contribution < -0.4 is 5.32 Å². The van der Waals surface area contributed by atoms with Gasteiger partial charge in [0.05, 0.1) is 18.4 Å². The van der Waals surface area contributed by atoms with E-state index in [0.29, 0.717) is 24.4 Å². The lowest BCUT2D eigenvalue weighted by Gasteiger charge is -2.21. The lowest BCUT2D eigenvalue weighted by molar-refractivity contribution is -0.130. The van der Waals surface area contributed by atoms with E-state index in [1.165, 1.54) is 6.26 Å². The second kappa shape index (κ2) is 7.98. The van der Waals surface area contributed by atoms with Gasteiger partial charge in [-0.1, -0.05) is 36.4 Å². The van der Waals surface area contributed by atoms with E-state index in [2.05, 4.69) is 11.9 Å². The molecule has 2 amide bonds. The fraction of sp³-hybridized carbons (Fsp3) is 0.222. The molecule has 0 aliphatic rings. The molecule has 2 rings (SSSR count). The van der Waals surface area contributed by atoms with Crippen molar-refractivity contribution in [2.24, 2.45) is 0 Å². The van der Waals surface area contributed by atoms with Gasteiger partial charge in [-0.05, 0) is 18.6 Å². The molecular weight excluding hydrogens is 292 g/mol. The van der Waals surface area contributed by atoms with Crippen LogP contribution in [0.4, 0.5) is 0 Å². The number of hydrogen-bond donors (Lipinski definition) is 1. The smallest absolute Gasteiger partial charge is 0.255 e. The van der Waals surface area contributed by atoms with Crippen molar-refractivity contribution in [3.63, 3.8) is 0 Å². The van der Waals surface area contributed by atoms with Gasteiger partial charge in [0.1, 0.15) is 5.76 Å². The van der Waals surface area contributed by atoms with Crippen molar-refractivity contribution in [3.05, 3.63) is 72.2 Å². The van der Waals surface area contributed by atoms with Gasteiger partial charge in [-0.25, -0.2) is 0 Å². The van der Waals surface area contributed by atoms with Crippen LogP contribution in [0.5, 0.6) is 0 Å². The van der Waals surface area contributed by atoms with Gasteiger partial charge >= 0.3 is 0 Å². The molecule has 2 aromatic rings. The van der Waals surface area contributed by atoms with Crippen LogP contribution in [-0.2, 0) is 11.3 Å². The maximum Gasteiger partial charge on any atom is 0.255 e. The van der Waals surface area contributed by atoms with Gasteiger partial charge in [0.2, 0.25) is 5.91 Å². The molecule has 1 heterocycles. The average Bonchev–Trinajstić information content (AvgIpc) is 2.99. The fourth-order valence-electron chi connectivity index (χ4n) is 2.20. The molecule has 23 heavy (non-hydrogen) atoms. The number of aryl methyl sites for hydroxylation is 1. The molecule has 120 valence electrons. The lowest BCUT2D eigenvalue weighted by Crippen LogP contribution is -2.40. The highest BCUT2D eigenvalue weighted by Crippen LogP contribution is 2.08. The summed E-state index contributed by atoms with van der Waals surface area (Å²) in [6, 6.07) is 11.3. The number of nitrogens with one attached hydrogen (secondary N) is 1. The van der Waals surface area contributed by atoms with Crippen LogP contribution >= 0.6 is 0 Å². The highest BCUT2D eigenvalue weighted by molar-refractivity contribution is 5.97. The van der Waals surface area contributed by atoms with E-state index in [4.69, 9.17) is 4.42 Å². The van der Waals surface area contributed by atoms with Crippen molar-refractivity contribution in [2.45, 2.75) is 13.5 Å². The quantitative estimate of drug-likeness (QED) is 0.799. The SMILES string of the molecule is C=CCN(Cc1ccccc1)C(=O)CNC(=O)c1ccoc1C. The molecule has 0 saturated heterocycles. The summed E-state index contributed by atoms with van der Waals surface area (Å²) in [4.78, 5) is 26.0. The van der Waals surface area contributed by atoms with Crippen molar-refractivity contribution in [2.75, 3.05) is 13.1 Å². The van der Waals surface area contributed by atoms with Crippen molar-refractivity contribution >= 4 is 11.8 Å². The lowest BCUT2D eigenvalue weighted by atomic mass is 10.2. The summed E-state index contributed by atoms with van der Waals surface area (Å²) in [5.41, 5.74) is 1.47. The Hall–Kier alpha value is -2.82. The molecule has 0 fully saturated rings. The van der Waals surface area contributed by atoms with Crippen LogP contribution in [0.3, 0.4) is 0 Å². The molecule has 0 bridgehead atoms. The van der Waals surface area contributed by atoms with Crippen molar-refractivity contribution in [1.82, 2.24) is 10.2 Å². The van der Waals surface area contributed by atoms with E-state index in [1.54, 1.807) is 24.0 Å². The third-order valence-electron chi connectivity index (χ3n) is 3.42.